The second kappa shape index (κ2) is 14.8. The van der Waals surface area contributed by atoms with E-state index in [-0.39, 0.29) is 7.25 Å². The maximum atomic E-state index is 8.99. The van der Waals surface area contributed by atoms with E-state index in [1.54, 1.807) is 0 Å². The first-order chi connectivity index (χ1) is 26.6. The Balaban J connectivity index is 1.49. The molecule has 286 valence electrons. The van der Waals surface area contributed by atoms with Crippen LogP contribution >= 0.6 is 40.2 Å². The Hall–Kier alpha value is -2.82. The Morgan fingerprint density at radius 2 is 1.00 bits per heavy atom. The number of furan rings is 2. The molecule has 4 aromatic carbocycles. The average Bonchev–Trinajstić information content (AvgIpc) is 3.93. The van der Waals surface area contributed by atoms with Gasteiger partial charge in [-0.1, -0.05) is 0 Å². The molecule has 2 heterocycles. The number of halogens is 4. The minimum atomic E-state index is -5.46. The number of rotatable bonds is 8. The van der Waals surface area contributed by atoms with Crippen LogP contribution in [0.5, 0.6) is 0 Å². The summed E-state index contributed by atoms with van der Waals surface area (Å²) in [7, 11) is 18.0. The minimum absolute atomic E-state index is 0.274. The molecule has 2 aromatic heterocycles. The second-order valence-corrected chi connectivity index (χ2v) is 55.5. The summed E-state index contributed by atoms with van der Waals surface area (Å²) in [5.41, 5.74) is 14.5. The summed E-state index contributed by atoms with van der Waals surface area (Å²) < 4.78 is 12.8. The van der Waals surface area contributed by atoms with Crippen LogP contribution in [0, 0.1) is 27.7 Å². The van der Waals surface area contributed by atoms with Gasteiger partial charge >= 0.3 is 352 Å². The first-order valence-electron chi connectivity index (χ1n) is 19.4. The van der Waals surface area contributed by atoms with E-state index in [1.165, 1.54) is 33.4 Å². The molecule has 0 amide bonds. The Morgan fingerprint density at radius 1 is 0.589 bits per heavy atom. The number of hydrogen-bond acceptors (Lipinski definition) is 2. The van der Waals surface area contributed by atoms with Crippen molar-refractivity contribution < 1.29 is 23.8 Å². The van der Waals surface area contributed by atoms with E-state index in [1.807, 2.05) is 38.1 Å². The summed E-state index contributed by atoms with van der Waals surface area (Å²) in [6.45, 7) is 17.4. The van der Waals surface area contributed by atoms with E-state index >= 15 is 0 Å². The summed E-state index contributed by atoms with van der Waals surface area (Å²) in [6.07, 6.45) is 6.41. The summed E-state index contributed by atoms with van der Waals surface area (Å²) >= 11 is 7.89. The number of hydrogen-bond donors (Lipinski definition) is 0. The second-order valence-electron chi connectivity index (χ2n) is 15.9. The van der Waals surface area contributed by atoms with Crippen LogP contribution in [0.1, 0.15) is 88.6 Å². The first-order valence-corrected chi connectivity index (χ1v) is 35.6. The molecule has 0 aliphatic heterocycles. The molecule has 0 spiro atoms. The molecule has 56 heavy (non-hydrogen) atoms. The predicted molar refractivity (Wildman–Crippen MR) is 239 cm³/mol. The van der Waals surface area contributed by atoms with E-state index in [2.05, 4.69) is 114 Å². The van der Waals surface area contributed by atoms with Gasteiger partial charge in [-0.15, -0.1) is 0 Å². The Kier molecular flexibility index (Phi) is 10.5. The third-order valence-corrected chi connectivity index (χ3v) is 59.2. The van der Waals surface area contributed by atoms with E-state index in [0.29, 0.717) is 10.0 Å². The van der Waals surface area contributed by atoms with Crippen molar-refractivity contribution in [2.75, 3.05) is 0 Å². The Labute approximate surface area is 349 Å². The molecule has 0 fully saturated rings. The summed E-state index contributed by atoms with van der Waals surface area (Å²) in [5.74, 6) is 3.44. The molecular formula is C48H46Cl4O2SiZr. The first kappa shape index (κ1) is 40.0. The van der Waals surface area contributed by atoms with Crippen molar-refractivity contribution in [1.82, 2.24) is 0 Å². The molecule has 2 unspecified atom stereocenters. The van der Waals surface area contributed by atoms with Gasteiger partial charge in [0.2, 0.25) is 0 Å². The SMILES string of the molecule is CCc1ccc2c(c1-c1cccc(Cl)c1)C=C(c1cc(C)c(C)o1)[CH]2[Zr]([Cl])([Cl])([CH]1C(c2cc(C)c(C)o2)=Cc2c1ccc(CC)c2-c1cccc(Cl)c1)=[Si](C)C. The predicted octanol–water partition coefficient (Wildman–Crippen LogP) is 16.0. The monoisotopic (exact) mass is 912 g/mol. The number of aryl methyl sites for hydroxylation is 6. The zero-order chi connectivity index (χ0) is 39.9. The molecule has 8 heteroatoms. The summed E-state index contributed by atoms with van der Waals surface area (Å²) in [5, 5.41) is 1.41. The molecule has 0 radical (unpaired) electrons. The third kappa shape index (κ3) is 6.29. The number of allylic oxidation sites excluding steroid dienone is 2. The van der Waals surface area contributed by atoms with Crippen LogP contribution < -0.4 is 0 Å². The summed E-state index contributed by atoms with van der Waals surface area (Å²) in [4.78, 5) is 0. The number of fused-ring (bicyclic) bond motifs is 2. The summed E-state index contributed by atoms with van der Waals surface area (Å²) in [6, 6.07) is 29.9. The fraction of sp³-hybridized carbons (Fsp3) is 0.250. The van der Waals surface area contributed by atoms with Crippen molar-refractivity contribution in [3.05, 3.63) is 163 Å². The van der Waals surface area contributed by atoms with E-state index in [9.17, 15) is 0 Å². The van der Waals surface area contributed by atoms with Crippen LogP contribution in [0.25, 0.3) is 45.6 Å². The molecule has 2 nitrogen and oxygen atoms in total. The molecule has 0 N–H and O–H groups in total. The fourth-order valence-electron chi connectivity index (χ4n) is 9.29. The molecular weight excluding hydrogens is 870 g/mol. The van der Waals surface area contributed by atoms with Gasteiger partial charge in [0.05, 0.1) is 0 Å². The van der Waals surface area contributed by atoms with Gasteiger partial charge in [0.15, 0.2) is 0 Å². The van der Waals surface area contributed by atoms with Crippen molar-refractivity contribution in [3.8, 4) is 22.3 Å². The molecule has 6 aromatic rings. The van der Waals surface area contributed by atoms with Crippen molar-refractivity contribution in [2.45, 2.75) is 74.7 Å². The molecule has 0 saturated carbocycles. The zero-order valence-electron chi connectivity index (χ0n) is 33.1. The third-order valence-electron chi connectivity index (χ3n) is 12.5. The molecule has 0 saturated heterocycles. The quantitative estimate of drug-likeness (QED) is 0.142. The topological polar surface area (TPSA) is 26.3 Å². The van der Waals surface area contributed by atoms with Gasteiger partial charge in [-0.05, 0) is 0 Å². The van der Waals surface area contributed by atoms with Crippen molar-refractivity contribution >= 4 is 69.0 Å². The van der Waals surface area contributed by atoms with Gasteiger partial charge in [-0.25, -0.2) is 0 Å². The maximum absolute atomic E-state index is 8.99. The Bertz CT molecular complexity index is 2520. The van der Waals surface area contributed by atoms with Crippen LogP contribution in [0.4, 0.5) is 0 Å². The van der Waals surface area contributed by atoms with E-state index in [0.717, 1.165) is 80.4 Å². The van der Waals surface area contributed by atoms with Gasteiger partial charge in [0, 0.05) is 0 Å². The van der Waals surface area contributed by atoms with Crippen LogP contribution in [0.3, 0.4) is 0 Å². The normalized spacial score (nSPS) is 16.5. The van der Waals surface area contributed by atoms with Crippen LogP contribution in [-0.2, 0) is 27.9 Å². The van der Waals surface area contributed by atoms with Crippen LogP contribution in [0.2, 0.25) is 23.1 Å². The average molecular weight is 916 g/mol. The molecule has 2 aliphatic rings. The van der Waals surface area contributed by atoms with Crippen molar-refractivity contribution in [3.63, 3.8) is 0 Å². The van der Waals surface area contributed by atoms with Gasteiger partial charge < -0.3 is 0 Å². The fourth-order valence-corrected chi connectivity index (χ4v) is 37.4. The van der Waals surface area contributed by atoms with Gasteiger partial charge in [-0.2, -0.15) is 0 Å². The molecule has 0 bridgehead atoms. The van der Waals surface area contributed by atoms with Gasteiger partial charge in [-0.3, -0.25) is 0 Å². The van der Waals surface area contributed by atoms with E-state index < -0.39 is 20.4 Å². The van der Waals surface area contributed by atoms with Crippen molar-refractivity contribution in [1.29, 1.82) is 0 Å². The standard InChI is InChI=1S/2C23H20ClO.C2H6Si.2ClH.Zr/c2*1-4-16-8-9-17-11-19(22-10-14(2)15(3)25-22)13-21(17)23(16)18-6-5-7-20(24)12-18;1-3-2;;;/h2*5-13H,4H2,1-3H3;1-2H3;2*1H;/q;;;;;+2/p-2. The van der Waals surface area contributed by atoms with Crippen molar-refractivity contribution in [2.24, 2.45) is 0 Å². The molecule has 2 aliphatic carbocycles. The number of benzene rings is 4. The van der Waals surface area contributed by atoms with Gasteiger partial charge in [0.1, 0.15) is 0 Å². The van der Waals surface area contributed by atoms with E-state index in [4.69, 9.17) is 49.1 Å². The molecule has 2 atom stereocenters. The van der Waals surface area contributed by atoms with Gasteiger partial charge in [0.25, 0.3) is 0 Å². The zero-order valence-corrected chi connectivity index (χ0v) is 39.6. The van der Waals surface area contributed by atoms with Crippen LogP contribution in [-0.4, -0.2) is 5.43 Å². The Morgan fingerprint density at radius 3 is 1.32 bits per heavy atom. The molecule has 8 rings (SSSR count). The van der Waals surface area contributed by atoms with Crippen LogP contribution in [0.15, 0.2) is 93.8 Å².